The first-order chi connectivity index (χ1) is 1.41. The molecule has 0 bridgehead atoms. The van der Waals surface area contributed by atoms with E-state index < -0.39 is 0 Å². The van der Waals surface area contributed by atoms with Gasteiger partial charge in [-0.3, -0.25) is 5.22 Å². The molecule has 0 aliphatic carbocycles. The third-order valence-electron chi connectivity index (χ3n) is 0. The Morgan fingerprint density at radius 3 is 1.60 bits per heavy atom. The summed E-state index contributed by atoms with van der Waals surface area (Å²) in [6.45, 7) is 0. The van der Waals surface area contributed by atoms with Crippen molar-refractivity contribution in [1.29, 1.82) is 0 Å². The van der Waals surface area contributed by atoms with Gasteiger partial charge in [-0.25, -0.2) is 0 Å². The van der Waals surface area contributed by atoms with Gasteiger partial charge in [0.25, 0.3) is 0 Å². The predicted octanol–water partition coefficient (Wildman–Crippen LogP) is -3.01. The fourth-order valence-corrected chi connectivity index (χ4v) is 0. The van der Waals surface area contributed by atoms with Gasteiger partial charge in [-0.05, 0) is 0 Å². The summed E-state index contributed by atoms with van der Waals surface area (Å²) in [4.78, 5) is 0. The van der Waals surface area contributed by atoms with E-state index in [1.54, 1.807) is 0 Å². The second kappa shape index (κ2) is 25.5. The maximum atomic E-state index is 6.75. The minimum absolute atomic E-state index is 0. The van der Waals surface area contributed by atoms with E-state index in [9.17, 15) is 0 Å². The molecule has 0 aromatic heterocycles. The Morgan fingerprint density at radius 2 is 1.60 bits per heavy atom. The van der Waals surface area contributed by atoms with Gasteiger partial charge in [0.05, 0.1) is 0 Å². The molecule has 0 aromatic carbocycles. The number of halogens is 1. The Kier molecular flexibility index (Phi) is 92.0. The minimum atomic E-state index is 0. The Balaban J connectivity index is -0.0000000200. The molecule has 0 fully saturated rings. The van der Waals surface area contributed by atoms with Crippen LogP contribution in [-0.4, -0.2) is 0 Å². The summed E-state index contributed by atoms with van der Waals surface area (Å²) in [7, 11) is 0. The summed E-state index contributed by atoms with van der Waals surface area (Å²) in [5.41, 5.74) is 6.75. The number of rotatable bonds is 0. The number of hydrogen-bond acceptors (Lipinski definition) is 1. The molecule has 0 saturated carbocycles. The molecule has 0 heterocycles. The molecule has 0 unspecified atom stereocenters. The van der Waals surface area contributed by atoms with Crippen LogP contribution in [-0.2, 0) is 22.4 Å². The molecular weight excluding hydrogens is 185 g/mol. The van der Waals surface area contributed by atoms with Crippen LogP contribution in [0.5, 0.6) is 0 Å². The average Bonchev–Trinajstić information content (AvgIpc) is 0.918. The topological polar surface area (TPSA) is 57.0 Å². The largest absolute Gasteiger partial charge is 1.00 e. The van der Waals surface area contributed by atoms with Crippen molar-refractivity contribution >= 4 is 0 Å². The zero-order chi connectivity index (χ0) is 2.71. The van der Waals surface area contributed by atoms with Gasteiger partial charge in [-0.15, -0.1) is 0 Å². The van der Waals surface area contributed by atoms with Crippen molar-refractivity contribution in [2.75, 3.05) is 0 Å². The monoisotopic (exact) mass is 184 g/mol. The van der Waals surface area contributed by atoms with Gasteiger partial charge in [-0.2, -0.15) is 0 Å². The van der Waals surface area contributed by atoms with Crippen LogP contribution in [0, 0.1) is 0 Å². The van der Waals surface area contributed by atoms with E-state index in [1.165, 1.54) is 5.22 Å². The standard InChI is InChI=1S/Ag.ClH.N3/c;;1-3-2/h;1H;/q;;-1/p-1. The molecule has 0 aromatic rings. The van der Waals surface area contributed by atoms with Crippen LogP contribution in [0.1, 0.15) is 0 Å². The molecule has 5 heavy (non-hydrogen) atoms. The van der Waals surface area contributed by atoms with E-state index in [2.05, 4.69) is 0 Å². The zero-order valence-electron chi connectivity index (χ0n) is 2.02. The molecule has 0 aliphatic rings. The first-order valence-corrected chi connectivity index (χ1v) is 0.400. The van der Waals surface area contributed by atoms with Crippen molar-refractivity contribution in [2.45, 2.75) is 0 Å². The molecule has 0 N–H and O–H groups in total. The third-order valence-corrected chi connectivity index (χ3v) is 0. The zero-order valence-corrected chi connectivity index (χ0v) is 4.26. The Labute approximate surface area is 51.7 Å². The summed E-state index contributed by atoms with van der Waals surface area (Å²) in [5, 5.41) is 1.50. The second-order valence-electron chi connectivity index (χ2n) is 0.0894. The Hall–Kier alpha value is 0.430. The minimum Gasteiger partial charge on any atom is -1.00 e. The van der Waals surface area contributed by atoms with Crippen LogP contribution < -0.4 is 18.2 Å². The molecule has 3 radical (unpaired) electrons. The summed E-state index contributed by atoms with van der Waals surface area (Å²) < 4.78 is 0. The van der Waals surface area contributed by atoms with E-state index >= 15 is 0 Å². The van der Waals surface area contributed by atoms with Gasteiger partial charge in [-0.1, -0.05) is 0 Å². The summed E-state index contributed by atoms with van der Waals surface area (Å²) in [5.74, 6) is 6.75. The van der Waals surface area contributed by atoms with Crippen LogP contribution in [0.15, 0.2) is 5.22 Å². The van der Waals surface area contributed by atoms with Crippen molar-refractivity contribution in [1.82, 2.24) is 5.84 Å². The van der Waals surface area contributed by atoms with E-state index in [4.69, 9.17) is 11.4 Å². The van der Waals surface area contributed by atoms with E-state index in [0.717, 1.165) is 0 Å². The van der Waals surface area contributed by atoms with Crippen molar-refractivity contribution < 1.29 is 34.8 Å². The van der Waals surface area contributed by atoms with Crippen molar-refractivity contribution in [3.63, 3.8) is 0 Å². The normalized spacial score (nSPS) is 2.40. The van der Waals surface area contributed by atoms with Crippen LogP contribution in [0.3, 0.4) is 0 Å². The molecule has 0 atom stereocenters. The fourth-order valence-electron chi connectivity index (χ4n) is 0. The van der Waals surface area contributed by atoms with Gasteiger partial charge in [0, 0.05) is 22.4 Å². The fraction of sp³-hybridized carbons (Fsp3) is 0. The van der Waals surface area contributed by atoms with E-state index in [-0.39, 0.29) is 34.8 Å². The Morgan fingerprint density at radius 1 is 1.60 bits per heavy atom. The van der Waals surface area contributed by atoms with E-state index in [1.807, 2.05) is 0 Å². The Bertz CT molecular complexity index is 14.4. The average molecular weight is 185 g/mol. The summed E-state index contributed by atoms with van der Waals surface area (Å²) in [6, 6.07) is 0. The van der Waals surface area contributed by atoms with Gasteiger partial charge in [0.15, 0.2) is 0 Å². The van der Waals surface area contributed by atoms with Gasteiger partial charge in [0.2, 0.25) is 0 Å². The molecule has 0 rings (SSSR count). The van der Waals surface area contributed by atoms with Gasteiger partial charge in [0.1, 0.15) is 0 Å². The third kappa shape index (κ3) is 141. The number of nitrogens with zero attached hydrogens (tertiary/aromatic N) is 3. The summed E-state index contributed by atoms with van der Waals surface area (Å²) in [6.07, 6.45) is 0. The van der Waals surface area contributed by atoms with Crippen molar-refractivity contribution in [3.8, 4) is 0 Å². The quantitative estimate of drug-likeness (QED) is 0.219. The molecule has 3 nitrogen and oxygen atoms in total. The first-order valence-electron chi connectivity index (χ1n) is 0.400. The first kappa shape index (κ1) is 18.0. The maximum Gasteiger partial charge on any atom is 0 e. The summed E-state index contributed by atoms with van der Waals surface area (Å²) >= 11 is 0. The second-order valence-corrected chi connectivity index (χ2v) is 0.0894. The van der Waals surface area contributed by atoms with Crippen molar-refractivity contribution in [3.05, 3.63) is 5.53 Å². The van der Waals surface area contributed by atoms with Gasteiger partial charge >= 0.3 is 0 Å². The molecule has 5 heteroatoms. The SMILES string of the molecule is [Ag].[Cl-].[N]N=[N-]. The van der Waals surface area contributed by atoms with Crippen LogP contribution in [0.2, 0.25) is 0 Å². The smallest absolute Gasteiger partial charge is 0 e. The van der Waals surface area contributed by atoms with E-state index in [0.29, 0.717) is 0 Å². The molecule has 35 valence electrons. The maximum absolute atomic E-state index is 6.75. The van der Waals surface area contributed by atoms with Crippen LogP contribution in [0.25, 0.3) is 5.53 Å². The molecule has 0 spiro atoms. The van der Waals surface area contributed by atoms with Crippen LogP contribution >= 0.6 is 0 Å². The molecule has 0 saturated heterocycles. The molecule has 0 amide bonds. The van der Waals surface area contributed by atoms with Gasteiger partial charge < -0.3 is 23.8 Å². The number of hydrogen-bond donors (Lipinski definition) is 0. The molecule has 0 aliphatic heterocycles. The molecular formula is AgClN3-2. The van der Waals surface area contributed by atoms with Crippen molar-refractivity contribution in [2.24, 2.45) is 5.22 Å². The van der Waals surface area contributed by atoms with Crippen LogP contribution in [0.4, 0.5) is 0 Å². The predicted molar refractivity (Wildman–Crippen MR) is 7.92 cm³/mol.